The first-order valence-electron chi connectivity index (χ1n) is 7.76. The number of nitrogens with zero attached hydrogens (tertiary/aromatic N) is 3. The van der Waals surface area contributed by atoms with Crippen molar-refractivity contribution < 1.29 is 14.1 Å². The van der Waals surface area contributed by atoms with E-state index in [2.05, 4.69) is 10.4 Å². The van der Waals surface area contributed by atoms with Gasteiger partial charge in [-0.25, -0.2) is 4.39 Å². The highest BCUT2D eigenvalue weighted by Crippen LogP contribution is 2.33. The molecule has 1 amide bonds. The standard InChI is InChI=1S/C17H21FN4O3/c1-10-13(22(24)25)14(21(5)20-10)16(23)19-15(17(2,3)4)11-6-8-12(18)9-7-11/h6-9,15H,1-5H3,(H,19,23)/t15-/m1/s1. The number of amides is 1. The molecule has 1 atom stereocenters. The Balaban J connectivity index is 2.42. The van der Waals surface area contributed by atoms with Crippen LogP contribution >= 0.6 is 0 Å². The number of rotatable bonds is 4. The zero-order valence-corrected chi connectivity index (χ0v) is 14.8. The van der Waals surface area contributed by atoms with Crippen LogP contribution in [-0.2, 0) is 7.05 Å². The number of carbonyl (C=O) groups is 1. The van der Waals surface area contributed by atoms with Crippen molar-refractivity contribution in [3.63, 3.8) is 0 Å². The Kier molecular flexibility index (Phi) is 4.92. The summed E-state index contributed by atoms with van der Waals surface area (Å²) >= 11 is 0. The maximum Gasteiger partial charge on any atom is 0.322 e. The van der Waals surface area contributed by atoms with Crippen molar-refractivity contribution in [2.75, 3.05) is 0 Å². The summed E-state index contributed by atoms with van der Waals surface area (Å²) in [5.74, 6) is -0.973. The van der Waals surface area contributed by atoms with Gasteiger partial charge in [0.05, 0.1) is 11.0 Å². The van der Waals surface area contributed by atoms with Gasteiger partial charge in [0.15, 0.2) is 0 Å². The van der Waals surface area contributed by atoms with Crippen molar-refractivity contribution in [2.45, 2.75) is 33.7 Å². The predicted octanol–water partition coefficient (Wildman–Crippen LogP) is 3.29. The molecule has 0 aliphatic heterocycles. The van der Waals surface area contributed by atoms with E-state index in [0.29, 0.717) is 5.56 Å². The predicted molar refractivity (Wildman–Crippen MR) is 90.7 cm³/mol. The molecule has 0 bridgehead atoms. The molecule has 8 heteroatoms. The topological polar surface area (TPSA) is 90.1 Å². The summed E-state index contributed by atoms with van der Waals surface area (Å²) in [5.41, 5.74) is 0.0665. The molecule has 1 aromatic carbocycles. The van der Waals surface area contributed by atoms with Crippen LogP contribution in [0.1, 0.15) is 48.6 Å². The molecule has 2 aromatic rings. The quantitative estimate of drug-likeness (QED) is 0.678. The molecular weight excluding hydrogens is 327 g/mol. The van der Waals surface area contributed by atoms with Crippen LogP contribution in [0.4, 0.5) is 10.1 Å². The van der Waals surface area contributed by atoms with Gasteiger partial charge in [-0.3, -0.25) is 19.6 Å². The lowest BCUT2D eigenvalue weighted by atomic mass is 9.82. The normalized spacial score (nSPS) is 12.7. The number of aryl methyl sites for hydroxylation is 2. The number of hydrogen-bond acceptors (Lipinski definition) is 4. The van der Waals surface area contributed by atoms with Crippen molar-refractivity contribution in [3.05, 3.63) is 57.1 Å². The highest BCUT2D eigenvalue weighted by molar-refractivity contribution is 5.97. The minimum atomic E-state index is -0.610. The van der Waals surface area contributed by atoms with Gasteiger partial charge in [0.25, 0.3) is 5.91 Å². The summed E-state index contributed by atoms with van der Waals surface area (Å²) in [4.78, 5) is 23.4. The van der Waals surface area contributed by atoms with Gasteiger partial charge in [-0.05, 0) is 30.0 Å². The van der Waals surface area contributed by atoms with Crippen molar-refractivity contribution >= 4 is 11.6 Å². The Morgan fingerprint density at radius 2 is 1.88 bits per heavy atom. The third-order valence-corrected chi connectivity index (χ3v) is 3.93. The van der Waals surface area contributed by atoms with Crippen LogP contribution in [0, 0.1) is 28.3 Å². The molecule has 134 valence electrons. The number of hydrogen-bond donors (Lipinski definition) is 1. The zero-order chi connectivity index (χ0) is 18.9. The number of nitrogens with one attached hydrogen (secondary N) is 1. The molecule has 25 heavy (non-hydrogen) atoms. The van der Waals surface area contributed by atoms with Crippen LogP contribution < -0.4 is 5.32 Å². The van der Waals surface area contributed by atoms with Crippen LogP contribution in [0.5, 0.6) is 0 Å². The van der Waals surface area contributed by atoms with E-state index in [0.717, 1.165) is 0 Å². The molecule has 0 saturated carbocycles. The van der Waals surface area contributed by atoms with E-state index in [-0.39, 0.29) is 22.9 Å². The van der Waals surface area contributed by atoms with Crippen molar-refractivity contribution in [1.82, 2.24) is 15.1 Å². The lowest BCUT2D eigenvalue weighted by Crippen LogP contribution is -2.37. The third-order valence-electron chi connectivity index (χ3n) is 3.93. The Morgan fingerprint density at radius 3 is 2.36 bits per heavy atom. The Hall–Kier alpha value is -2.77. The monoisotopic (exact) mass is 348 g/mol. The first-order valence-corrected chi connectivity index (χ1v) is 7.76. The fourth-order valence-electron chi connectivity index (χ4n) is 2.77. The molecule has 1 aromatic heterocycles. The van der Waals surface area contributed by atoms with E-state index in [1.165, 1.54) is 30.8 Å². The molecule has 0 spiro atoms. The van der Waals surface area contributed by atoms with Gasteiger partial charge in [-0.1, -0.05) is 32.9 Å². The van der Waals surface area contributed by atoms with Crippen LogP contribution in [0.25, 0.3) is 0 Å². The molecule has 7 nitrogen and oxygen atoms in total. The first-order chi connectivity index (χ1) is 11.5. The van der Waals surface area contributed by atoms with Gasteiger partial charge < -0.3 is 5.32 Å². The van der Waals surface area contributed by atoms with E-state index < -0.39 is 22.3 Å². The second-order valence-electron chi connectivity index (χ2n) is 6.99. The van der Waals surface area contributed by atoms with Gasteiger partial charge in [-0.15, -0.1) is 0 Å². The Morgan fingerprint density at radius 1 is 1.32 bits per heavy atom. The van der Waals surface area contributed by atoms with E-state index in [9.17, 15) is 19.3 Å². The first kappa shape index (κ1) is 18.6. The van der Waals surface area contributed by atoms with Crippen LogP contribution in [0.2, 0.25) is 0 Å². The molecule has 1 heterocycles. The highest BCUT2D eigenvalue weighted by Gasteiger charge is 2.34. The smallest absolute Gasteiger partial charge is 0.322 e. The molecule has 2 rings (SSSR count). The summed E-state index contributed by atoms with van der Waals surface area (Å²) in [6, 6.07) is 5.35. The number of halogens is 1. The van der Waals surface area contributed by atoms with Crippen LogP contribution in [0.15, 0.2) is 24.3 Å². The summed E-state index contributed by atoms with van der Waals surface area (Å²) < 4.78 is 14.4. The minimum Gasteiger partial charge on any atom is -0.343 e. The number of nitro groups is 1. The maximum atomic E-state index is 13.2. The molecule has 0 radical (unpaired) electrons. The Labute approximate surface area is 145 Å². The molecule has 0 unspecified atom stereocenters. The second kappa shape index (κ2) is 6.62. The van der Waals surface area contributed by atoms with E-state index in [1.54, 1.807) is 12.1 Å². The summed E-state index contributed by atoms with van der Waals surface area (Å²) in [7, 11) is 1.49. The van der Waals surface area contributed by atoms with Crippen LogP contribution in [0.3, 0.4) is 0 Å². The average molecular weight is 348 g/mol. The van der Waals surface area contributed by atoms with Crippen molar-refractivity contribution in [1.29, 1.82) is 0 Å². The molecule has 0 aliphatic carbocycles. The summed E-state index contributed by atoms with van der Waals surface area (Å²) in [6.07, 6.45) is 0. The number of benzene rings is 1. The van der Waals surface area contributed by atoms with Crippen LogP contribution in [-0.4, -0.2) is 20.6 Å². The molecular formula is C17H21FN4O3. The average Bonchev–Trinajstić information content (AvgIpc) is 2.79. The Bertz CT molecular complexity index is 807. The van der Waals surface area contributed by atoms with E-state index >= 15 is 0 Å². The lowest BCUT2D eigenvalue weighted by Gasteiger charge is -2.32. The van der Waals surface area contributed by atoms with Crippen molar-refractivity contribution in [2.24, 2.45) is 12.5 Å². The summed E-state index contributed by atoms with van der Waals surface area (Å²) in [5, 5.41) is 18.1. The number of aromatic nitrogens is 2. The highest BCUT2D eigenvalue weighted by atomic mass is 19.1. The van der Waals surface area contributed by atoms with E-state index in [4.69, 9.17) is 0 Å². The third kappa shape index (κ3) is 3.84. The van der Waals surface area contributed by atoms with Gasteiger partial charge in [-0.2, -0.15) is 5.10 Å². The zero-order valence-electron chi connectivity index (χ0n) is 14.8. The molecule has 1 N–H and O–H groups in total. The molecule has 0 aliphatic rings. The van der Waals surface area contributed by atoms with E-state index in [1.807, 2.05) is 20.8 Å². The minimum absolute atomic E-state index is 0.112. The number of carbonyl (C=O) groups excluding carboxylic acids is 1. The molecule has 0 saturated heterocycles. The fourth-order valence-corrected chi connectivity index (χ4v) is 2.77. The lowest BCUT2D eigenvalue weighted by molar-refractivity contribution is -0.385. The van der Waals surface area contributed by atoms with Gasteiger partial charge in [0, 0.05) is 7.05 Å². The fraction of sp³-hybridized carbons (Fsp3) is 0.412. The molecule has 0 fully saturated rings. The largest absolute Gasteiger partial charge is 0.343 e. The van der Waals surface area contributed by atoms with Gasteiger partial charge in [0.2, 0.25) is 5.69 Å². The maximum absolute atomic E-state index is 13.2. The van der Waals surface area contributed by atoms with Crippen molar-refractivity contribution in [3.8, 4) is 0 Å². The van der Waals surface area contributed by atoms with Gasteiger partial charge >= 0.3 is 5.69 Å². The SMILES string of the molecule is Cc1nn(C)c(C(=O)N[C@H](c2ccc(F)cc2)C(C)(C)C)c1[N+](=O)[O-]. The van der Waals surface area contributed by atoms with Gasteiger partial charge in [0.1, 0.15) is 11.5 Å². The summed E-state index contributed by atoms with van der Waals surface area (Å²) in [6.45, 7) is 7.24. The second-order valence-corrected chi connectivity index (χ2v) is 6.99.